The number of furan rings is 1. The molecule has 6 nitrogen and oxygen atoms in total. The van der Waals surface area contributed by atoms with Crippen molar-refractivity contribution in [1.29, 1.82) is 0 Å². The third-order valence-electron chi connectivity index (χ3n) is 4.24. The zero-order chi connectivity index (χ0) is 21.3. The normalized spacial score (nSPS) is 11.1. The van der Waals surface area contributed by atoms with Gasteiger partial charge in [0.2, 0.25) is 0 Å². The number of halogens is 1. The third kappa shape index (κ3) is 6.21. The van der Waals surface area contributed by atoms with Crippen molar-refractivity contribution < 1.29 is 18.7 Å². The van der Waals surface area contributed by atoms with E-state index in [1.165, 1.54) is 6.08 Å². The number of benzene rings is 2. The summed E-state index contributed by atoms with van der Waals surface area (Å²) in [6.45, 7) is 0.403. The summed E-state index contributed by atoms with van der Waals surface area (Å²) in [6.07, 6.45) is 2.14. The number of amides is 2. The number of carbonyl (C=O) groups excluding carboxylic acids is 2. The molecule has 2 N–H and O–H groups in total. The molecular weight excluding hydrogens is 495 g/mol. The lowest BCUT2D eigenvalue weighted by Crippen LogP contribution is -2.35. The van der Waals surface area contributed by atoms with Gasteiger partial charge in [0, 0.05) is 18.2 Å². The summed E-state index contributed by atoms with van der Waals surface area (Å²) >= 11 is 2.04. The second-order valence-corrected chi connectivity index (χ2v) is 7.44. The Hall–Kier alpha value is -3.07. The van der Waals surface area contributed by atoms with Crippen LogP contribution >= 0.6 is 22.6 Å². The number of hydrogen-bond donors (Lipinski definition) is 2. The topological polar surface area (TPSA) is 80.6 Å². The average molecular weight is 516 g/mol. The van der Waals surface area contributed by atoms with E-state index < -0.39 is 5.91 Å². The van der Waals surface area contributed by atoms with Gasteiger partial charge in [-0.2, -0.15) is 0 Å². The van der Waals surface area contributed by atoms with Crippen LogP contribution in [0, 0.1) is 3.77 Å². The quantitative estimate of drug-likeness (QED) is 0.350. The lowest BCUT2D eigenvalue weighted by Gasteiger charge is -2.11. The van der Waals surface area contributed by atoms with Gasteiger partial charge in [0.25, 0.3) is 11.8 Å². The zero-order valence-electron chi connectivity index (χ0n) is 16.4. The predicted octanol–water partition coefficient (Wildman–Crippen LogP) is 4.02. The molecule has 7 heteroatoms. The lowest BCUT2D eigenvalue weighted by atomic mass is 10.1. The molecule has 0 spiro atoms. The number of rotatable bonds is 8. The van der Waals surface area contributed by atoms with Gasteiger partial charge in [-0.15, -0.1) is 0 Å². The van der Waals surface area contributed by atoms with Crippen LogP contribution in [0.4, 0.5) is 0 Å². The fraction of sp³-hybridized carbons (Fsp3) is 0.130. The maximum atomic E-state index is 12.8. The van der Waals surface area contributed by atoms with E-state index in [-0.39, 0.29) is 11.6 Å². The van der Waals surface area contributed by atoms with Crippen LogP contribution in [-0.2, 0) is 11.2 Å². The van der Waals surface area contributed by atoms with Gasteiger partial charge >= 0.3 is 0 Å². The smallest absolute Gasteiger partial charge is 0.267 e. The van der Waals surface area contributed by atoms with Crippen molar-refractivity contribution in [1.82, 2.24) is 10.6 Å². The van der Waals surface area contributed by atoms with Gasteiger partial charge in [-0.1, -0.05) is 30.3 Å². The Morgan fingerprint density at radius 2 is 1.87 bits per heavy atom. The molecule has 0 unspecified atom stereocenters. The highest BCUT2D eigenvalue weighted by Gasteiger charge is 2.15. The summed E-state index contributed by atoms with van der Waals surface area (Å²) in [5.74, 6) is 0.479. The fourth-order valence-corrected chi connectivity index (χ4v) is 3.17. The van der Waals surface area contributed by atoms with Crippen LogP contribution in [0.25, 0.3) is 6.08 Å². The van der Waals surface area contributed by atoms with Crippen LogP contribution in [0.3, 0.4) is 0 Å². The Balaban J connectivity index is 1.69. The monoisotopic (exact) mass is 516 g/mol. The molecular formula is C23H21IN2O4. The minimum Gasteiger partial charge on any atom is -0.497 e. The van der Waals surface area contributed by atoms with Crippen LogP contribution < -0.4 is 15.4 Å². The Kier molecular flexibility index (Phi) is 7.67. The maximum absolute atomic E-state index is 12.8. The highest BCUT2D eigenvalue weighted by atomic mass is 127. The molecule has 0 saturated heterocycles. The van der Waals surface area contributed by atoms with E-state index in [1.54, 1.807) is 43.5 Å². The predicted molar refractivity (Wildman–Crippen MR) is 123 cm³/mol. The van der Waals surface area contributed by atoms with Crippen LogP contribution in [-0.4, -0.2) is 25.5 Å². The van der Waals surface area contributed by atoms with E-state index in [2.05, 4.69) is 10.6 Å². The molecule has 3 rings (SSSR count). The van der Waals surface area contributed by atoms with Gasteiger partial charge in [-0.3, -0.25) is 9.59 Å². The largest absolute Gasteiger partial charge is 0.497 e. The Morgan fingerprint density at radius 1 is 1.07 bits per heavy atom. The van der Waals surface area contributed by atoms with Crippen molar-refractivity contribution in [3.63, 3.8) is 0 Å². The molecule has 0 bridgehead atoms. The molecule has 3 aromatic rings. The SMILES string of the molecule is COc1cccc(CCNC(=O)/C(=C/c2ccc(I)o2)NC(=O)c2ccccc2)c1. The summed E-state index contributed by atoms with van der Waals surface area (Å²) in [4.78, 5) is 25.3. The number of methoxy groups -OCH3 is 1. The van der Waals surface area contributed by atoms with Crippen LogP contribution in [0.15, 0.2) is 76.8 Å². The number of nitrogens with one attached hydrogen (secondary N) is 2. The number of ether oxygens (including phenoxy) is 1. The Bertz CT molecular complexity index is 1040. The summed E-state index contributed by atoms with van der Waals surface area (Å²) in [5.41, 5.74) is 1.61. The molecule has 0 aliphatic carbocycles. The maximum Gasteiger partial charge on any atom is 0.267 e. The van der Waals surface area contributed by atoms with Gasteiger partial charge in [-0.05, 0) is 71.0 Å². The van der Waals surface area contributed by atoms with E-state index in [0.717, 1.165) is 11.3 Å². The molecule has 0 radical (unpaired) electrons. The Morgan fingerprint density at radius 3 is 2.57 bits per heavy atom. The van der Waals surface area contributed by atoms with E-state index in [4.69, 9.17) is 9.15 Å². The first kappa shape index (κ1) is 21.6. The minimum atomic E-state index is -0.395. The van der Waals surface area contributed by atoms with Gasteiger partial charge in [0.1, 0.15) is 17.2 Å². The molecule has 0 saturated carbocycles. The van der Waals surface area contributed by atoms with Gasteiger partial charge in [-0.25, -0.2) is 0 Å². The molecule has 2 amide bonds. The van der Waals surface area contributed by atoms with Crippen molar-refractivity contribution in [2.75, 3.05) is 13.7 Å². The highest BCUT2D eigenvalue weighted by Crippen LogP contribution is 2.14. The molecule has 0 atom stereocenters. The van der Waals surface area contributed by atoms with E-state index in [0.29, 0.717) is 28.1 Å². The fourth-order valence-electron chi connectivity index (χ4n) is 2.73. The highest BCUT2D eigenvalue weighted by molar-refractivity contribution is 14.1. The summed E-state index contributed by atoms with van der Waals surface area (Å²) < 4.78 is 11.4. The molecule has 0 aliphatic rings. The molecule has 0 aliphatic heterocycles. The second kappa shape index (κ2) is 10.6. The van der Waals surface area contributed by atoms with Crippen molar-refractivity contribution in [3.8, 4) is 5.75 Å². The summed E-state index contributed by atoms with van der Waals surface area (Å²) in [5, 5.41) is 5.53. The van der Waals surface area contributed by atoms with E-state index >= 15 is 0 Å². The zero-order valence-corrected chi connectivity index (χ0v) is 18.5. The first-order chi connectivity index (χ1) is 14.5. The lowest BCUT2D eigenvalue weighted by molar-refractivity contribution is -0.117. The molecule has 30 heavy (non-hydrogen) atoms. The average Bonchev–Trinajstić information content (AvgIpc) is 3.18. The van der Waals surface area contributed by atoms with Crippen LogP contribution in [0.5, 0.6) is 5.75 Å². The molecule has 1 heterocycles. The minimum absolute atomic E-state index is 0.111. The van der Waals surface area contributed by atoms with Crippen LogP contribution in [0.2, 0.25) is 0 Å². The van der Waals surface area contributed by atoms with Gasteiger partial charge in [0.15, 0.2) is 3.77 Å². The van der Waals surface area contributed by atoms with Gasteiger partial charge < -0.3 is 19.8 Å². The van der Waals surface area contributed by atoms with Crippen molar-refractivity contribution in [2.24, 2.45) is 0 Å². The second-order valence-electron chi connectivity index (χ2n) is 6.38. The third-order valence-corrected chi connectivity index (χ3v) is 4.82. The molecule has 154 valence electrons. The number of carbonyl (C=O) groups is 2. The summed E-state index contributed by atoms with van der Waals surface area (Å²) in [6, 6.07) is 19.9. The molecule has 0 fully saturated rings. The first-order valence-corrected chi connectivity index (χ1v) is 10.4. The first-order valence-electron chi connectivity index (χ1n) is 9.30. The van der Waals surface area contributed by atoms with E-state index in [1.807, 2.05) is 52.9 Å². The molecule has 2 aromatic carbocycles. The van der Waals surface area contributed by atoms with Crippen molar-refractivity contribution in [3.05, 3.63) is 93.1 Å². The standard InChI is InChI=1S/C23H21IN2O4/c1-29-18-9-5-6-16(14-18)12-13-25-23(28)20(15-19-10-11-21(24)30-19)26-22(27)17-7-3-2-4-8-17/h2-11,14-15H,12-13H2,1H3,(H,25,28)(H,26,27)/b20-15-. The Labute approximate surface area is 188 Å². The number of hydrogen-bond acceptors (Lipinski definition) is 4. The van der Waals surface area contributed by atoms with E-state index in [9.17, 15) is 9.59 Å². The van der Waals surface area contributed by atoms with Crippen molar-refractivity contribution >= 4 is 40.5 Å². The van der Waals surface area contributed by atoms with Crippen LogP contribution in [0.1, 0.15) is 21.7 Å². The van der Waals surface area contributed by atoms with Crippen molar-refractivity contribution in [2.45, 2.75) is 6.42 Å². The van der Waals surface area contributed by atoms with Gasteiger partial charge in [0.05, 0.1) is 7.11 Å². The molecule has 1 aromatic heterocycles. The summed E-state index contributed by atoms with van der Waals surface area (Å²) in [7, 11) is 1.61.